The second kappa shape index (κ2) is 11.3. The van der Waals surface area contributed by atoms with Gasteiger partial charge in [0, 0.05) is 32.9 Å². The fourth-order valence-electron chi connectivity index (χ4n) is 9.94. The Balaban J connectivity index is 0.941. The van der Waals surface area contributed by atoms with Crippen LogP contribution in [0, 0.1) is 0 Å². The highest BCUT2D eigenvalue weighted by Gasteiger charge is 2.31. The summed E-state index contributed by atoms with van der Waals surface area (Å²) in [4.78, 5) is 0. The highest BCUT2D eigenvalue weighted by molar-refractivity contribution is 7.00. The summed E-state index contributed by atoms with van der Waals surface area (Å²) in [6.45, 7) is 5.07. The van der Waals surface area contributed by atoms with Gasteiger partial charge < -0.3 is 9.13 Å². The van der Waals surface area contributed by atoms with Crippen LogP contribution in [0.1, 0.15) is 22.3 Å². The molecule has 0 N–H and O–H groups in total. The van der Waals surface area contributed by atoms with Crippen molar-refractivity contribution in [3.63, 3.8) is 0 Å². The molecule has 0 unspecified atom stereocenters. The Kier molecular flexibility index (Phi) is 6.36. The van der Waals surface area contributed by atoms with E-state index >= 15 is 0 Å². The van der Waals surface area contributed by atoms with Gasteiger partial charge in [0.2, 0.25) is 0 Å². The Hall–Kier alpha value is -6.42. The second-order valence-corrected chi connectivity index (χ2v) is 20.5. The van der Waals surface area contributed by atoms with Gasteiger partial charge in [0.05, 0.1) is 22.1 Å². The molecule has 0 fully saturated rings. The van der Waals surface area contributed by atoms with E-state index in [2.05, 4.69) is 192 Å². The molecule has 2 aromatic heterocycles. The van der Waals surface area contributed by atoms with Gasteiger partial charge in [-0.3, -0.25) is 0 Å². The average Bonchev–Trinajstić information content (AvgIpc) is 3.97. The molecule has 0 saturated heterocycles. The molecule has 260 valence electrons. The van der Waals surface area contributed by atoms with Crippen molar-refractivity contribution in [2.75, 3.05) is 0 Å². The summed E-state index contributed by atoms with van der Waals surface area (Å²) in [7, 11) is -2.07. The Labute approximate surface area is 321 Å². The van der Waals surface area contributed by atoms with Crippen molar-refractivity contribution >= 4 is 62.1 Å². The van der Waals surface area contributed by atoms with Crippen LogP contribution in [0.2, 0.25) is 13.1 Å². The van der Waals surface area contributed by atoms with E-state index in [-0.39, 0.29) is 0 Å². The molecule has 3 heteroatoms. The minimum Gasteiger partial charge on any atom is -0.309 e. The molecular formula is C52H38N2Si. The standard InChI is InChI=1S/C52H38N2Si/c1-55(2,39-25-21-35-27-33-19-23-37(29-45(33)47(35)31-39)53-49-15-7-3-11-41(49)42-12-4-8-16-50(42)53)40-26-22-36-28-34-20-24-38(30-46(34)48(36)32-40)54-51-17-9-5-13-43(51)44-14-6-10-18-52(44)54/h3-26,29-32H,27-28H2,1-2H3. The van der Waals surface area contributed by atoms with Gasteiger partial charge in [-0.2, -0.15) is 0 Å². The van der Waals surface area contributed by atoms with Gasteiger partial charge in [0.25, 0.3) is 0 Å². The molecule has 2 aliphatic rings. The van der Waals surface area contributed by atoms with E-state index in [1.807, 2.05) is 0 Å². The minimum absolute atomic E-state index is 0.990. The van der Waals surface area contributed by atoms with Crippen LogP contribution in [0.15, 0.2) is 170 Å². The summed E-state index contributed by atoms with van der Waals surface area (Å²) in [5.41, 5.74) is 18.7. The lowest BCUT2D eigenvalue weighted by Crippen LogP contribution is -2.52. The SMILES string of the molecule is C[Si](C)(c1ccc2c(c1)-c1cc(-n3c4ccccc4c4ccccc43)ccc1C2)c1ccc2c(c1)-c1cc(-n3c4ccccc4c4ccccc43)ccc1C2. The number of hydrogen-bond donors (Lipinski definition) is 0. The maximum atomic E-state index is 2.55. The quantitative estimate of drug-likeness (QED) is 0.160. The lowest BCUT2D eigenvalue weighted by Gasteiger charge is -2.25. The van der Waals surface area contributed by atoms with Gasteiger partial charge >= 0.3 is 0 Å². The molecule has 0 saturated carbocycles. The molecule has 2 aliphatic carbocycles. The maximum absolute atomic E-state index is 2.55. The smallest absolute Gasteiger partial charge is 0.112 e. The molecule has 55 heavy (non-hydrogen) atoms. The van der Waals surface area contributed by atoms with Crippen molar-refractivity contribution in [3.8, 4) is 33.6 Å². The number of aromatic nitrogens is 2. The van der Waals surface area contributed by atoms with Gasteiger partial charge in [-0.15, -0.1) is 0 Å². The number of hydrogen-bond acceptors (Lipinski definition) is 0. The molecule has 8 aromatic carbocycles. The number of para-hydroxylation sites is 4. The zero-order valence-electron chi connectivity index (χ0n) is 31.0. The molecular weight excluding hydrogens is 681 g/mol. The lowest BCUT2D eigenvalue weighted by molar-refractivity contribution is 1.17. The Morgan fingerprint density at radius 2 is 0.655 bits per heavy atom. The van der Waals surface area contributed by atoms with Crippen LogP contribution < -0.4 is 10.4 Å². The average molecular weight is 719 g/mol. The normalized spacial score (nSPS) is 13.1. The van der Waals surface area contributed by atoms with E-state index in [0.29, 0.717) is 0 Å². The Morgan fingerprint density at radius 3 is 1.02 bits per heavy atom. The van der Waals surface area contributed by atoms with Crippen LogP contribution in [0.3, 0.4) is 0 Å². The lowest BCUT2D eigenvalue weighted by atomic mass is 10.0. The highest BCUT2D eigenvalue weighted by atomic mass is 28.3. The van der Waals surface area contributed by atoms with Crippen LogP contribution in [0.5, 0.6) is 0 Å². The first-order chi connectivity index (χ1) is 27.0. The van der Waals surface area contributed by atoms with Crippen LogP contribution in [0.4, 0.5) is 0 Å². The summed E-state index contributed by atoms with van der Waals surface area (Å²) in [6.07, 6.45) is 1.98. The fourth-order valence-corrected chi connectivity index (χ4v) is 12.3. The topological polar surface area (TPSA) is 9.86 Å². The number of rotatable bonds is 4. The van der Waals surface area contributed by atoms with E-state index in [0.717, 1.165) is 12.8 Å². The predicted octanol–water partition coefficient (Wildman–Crippen LogP) is 11.8. The van der Waals surface area contributed by atoms with E-state index in [4.69, 9.17) is 0 Å². The zero-order valence-corrected chi connectivity index (χ0v) is 32.0. The van der Waals surface area contributed by atoms with Crippen molar-refractivity contribution in [2.45, 2.75) is 25.9 Å². The molecule has 0 amide bonds. The monoisotopic (exact) mass is 718 g/mol. The summed E-state index contributed by atoms with van der Waals surface area (Å²) in [6, 6.07) is 64.3. The second-order valence-electron chi connectivity index (χ2n) is 16.1. The van der Waals surface area contributed by atoms with Gasteiger partial charge in [-0.05, 0) is 106 Å². The zero-order chi connectivity index (χ0) is 36.4. The van der Waals surface area contributed by atoms with E-state index in [1.54, 1.807) is 0 Å². The highest BCUT2D eigenvalue weighted by Crippen LogP contribution is 2.42. The maximum Gasteiger partial charge on any atom is 0.112 e. The minimum atomic E-state index is -2.07. The van der Waals surface area contributed by atoms with Crippen molar-refractivity contribution in [1.29, 1.82) is 0 Å². The Morgan fingerprint density at radius 1 is 0.345 bits per heavy atom. The predicted molar refractivity (Wildman–Crippen MR) is 235 cm³/mol. The number of nitrogens with zero attached hydrogens (tertiary/aromatic N) is 2. The van der Waals surface area contributed by atoms with Gasteiger partial charge in [0.15, 0.2) is 0 Å². The molecule has 2 heterocycles. The largest absolute Gasteiger partial charge is 0.309 e. The van der Waals surface area contributed by atoms with Crippen LogP contribution in [0.25, 0.3) is 77.2 Å². The summed E-state index contributed by atoms with van der Waals surface area (Å²) in [5.74, 6) is 0. The van der Waals surface area contributed by atoms with Crippen molar-refractivity contribution in [1.82, 2.24) is 9.13 Å². The number of benzene rings is 8. The summed E-state index contributed by atoms with van der Waals surface area (Å²) in [5, 5.41) is 8.17. The molecule has 0 radical (unpaired) electrons. The summed E-state index contributed by atoms with van der Waals surface area (Å²) < 4.78 is 4.89. The first-order valence-corrected chi connectivity index (χ1v) is 22.5. The van der Waals surface area contributed by atoms with Crippen molar-refractivity contribution in [3.05, 3.63) is 192 Å². The molecule has 2 nitrogen and oxygen atoms in total. The number of fused-ring (bicyclic) bond motifs is 12. The Bertz CT molecular complexity index is 2920. The van der Waals surface area contributed by atoms with E-state index in [9.17, 15) is 0 Å². The van der Waals surface area contributed by atoms with Crippen LogP contribution in [-0.4, -0.2) is 17.2 Å². The molecule has 0 spiro atoms. The van der Waals surface area contributed by atoms with Gasteiger partial charge in [-0.1, -0.05) is 145 Å². The van der Waals surface area contributed by atoms with Gasteiger partial charge in [0.1, 0.15) is 8.07 Å². The van der Waals surface area contributed by atoms with E-state index in [1.165, 1.54) is 110 Å². The van der Waals surface area contributed by atoms with E-state index < -0.39 is 8.07 Å². The molecule has 0 atom stereocenters. The molecule has 10 aromatic rings. The van der Waals surface area contributed by atoms with Crippen molar-refractivity contribution < 1.29 is 0 Å². The van der Waals surface area contributed by atoms with Crippen molar-refractivity contribution in [2.24, 2.45) is 0 Å². The molecule has 0 aliphatic heterocycles. The molecule has 0 bridgehead atoms. The summed E-state index contributed by atoms with van der Waals surface area (Å²) >= 11 is 0. The fraction of sp³-hybridized carbons (Fsp3) is 0.0769. The third-order valence-corrected chi connectivity index (χ3v) is 16.4. The van der Waals surface area contributed by atoms with Crippen LogP contribution in [-0.2, 0) is 12.8 Å². The third-order valence-electron chi connectivity index (χ3n) is 12.9. The molecule has 12 rings (SSSR count). The van der Waals surface area contributed by atoms with Crippen LogP contribution >= 0.6 is 0 Å². The first-order valence-electron chi connectivity index (χ1n) is 19.5. The third kappa shape index (κ3) is 4.42. The first kappa shape index (κ1) is 31.0. The van der Waals surface area contributed by atoms with Gasteiger partial charge in [-0.25, -0.2) is 0 Å².